The molecule has 5 nitrogen and oxygen atoms in total. The summed E-state index contributed by atoms with van der Waals surface area (Å²) in [6, 6.07) is 1.87. The van der Waals surface area contributed by atoms with Gasteiger partial charge in [0.1, 0.15) is 5.82 Å². The van der Waals surface area contributed by atoms with E-state index in [1.165, 1.54) is 0 Å². The topological polar surface area (TPSA) is 59.0 Å². The SMILES string of the molecule is CCNC(=O)CCNc1ccn(C)n1. The van der Waals surface area contributed by atoms with Gasteiger partial charge in [0.25, 0.3) is 0 Å². The second kappa shape index (κ2) is 5.26. The molecule has 0 saturated carbocycles. The molecular formula is C9H16N4O. The molecule has 78 valence electrons. The summed E-state index contributed by atoms with van der Waals surface area (Å²) in [5.74, 6) is 0.868. The first-order valence-electron chi connectivity index (χ1n) is 4.72. The third-order valence-corrected chi connectivity index (χ3v) is 1.75. The van der Waals surface area contributed by atoms with Crippen LogP contribution in [0.2, 0.25) is 0 Å². The molecule has 5 heteroatoms. The average molecular weight is 196 g/mol. The monoisotopic (exact) mass is 196 g/mol. The number of carbonyl (C=O) groups is 1. The van der Waals surface area contributed by atoms with E-state index in [-0.39, 0.29) is 5.91 Å². The molecule has 1 heterocycles. The van der Waals surface area contributed by atoms with Crippen molar-refractivity contribution >= 4 is 11.7 Å². The molecule has 1 aromatic heterocycles. The smallest absolute Gasteiger partial charge is 0.221 e. The van der Waals surface area contributed by atoms with E-state index in [2.05, 4.69) is 15.7 Å². The molecule has 2 N–H and O–H groups in total. The zero-order chi connectivity index (χ0) is 10.4. The molecule has 0 bridgehead atoms. The molecule has 0 saturated heterocycles. The standard InChI is InChI=1S/C9H16N4O/c1-3-10-9(14)4-6-11-8-5-7-13(2)12-8/h5,7H,3-4,6H2,1-2H3,(H,10,14)(H,11,12). The summed E-state index contributed by atoms with van der Waals surface area (Å²) >= 11 is 0. The van der Waals surface area contributed by atoms with Gasteiger partial charge in [-0.3, -0.25) is 9.48 Å². The van der Waals surface area contributed by atoms with Crippen molar-refractivity contribution in [1.29, 1.82) is 0 Å². The number of carbonyl (C=O) groups excluding carboxylic acids is 1. The Bertz CT molecular complexity index is 295. The molecule has 0 fully saturated rings. The van der Waals surface area contributed by atoms with Gasteiger partial charge in [0.15, 0.2) is 0 Å². The van der Waals surface area contributed by atoms with Crippen molar-refractivity contribution in [3.8, 4) is 0 Å². The van der Waals surface area contributed by atoms with E-state index < -0.39 is 0 Å². The van der Waals surface area contributed by atoms with E-state index >= 15 is 0 Å². The summed E-state index contributed by atoms with van der Waals surface area (Å²) in [6.07, 6.45) is 2.33. The summed E-state index contributed by atoms with van der Waals surface area (Å²) in [5, 5.41) is 9.92. The van der Waals surface area contributed by atoms with Gasteiger partial charge in [0.2, 0.25) is 5.91 Å². The summed E-state index contributed by atoms with van der Waals surface area (Å²) < 4.78 is 1.72. The van der Waals surface area contributed by atoms with E-state index in [0.29, 0.717) is 19.5 Å². The predicted molar refractivity (Wildman–Crippen MR) is 55.0 cm³/mol. The number of anilines is 1. The number of hydrogen-bond donors (Lipinski definition) is 2. The highest BCUT2D eigenvalue weighted by Crippen LogP contribution is 1.99. The lowest BCUT2D eigenvalue weighted by molar-refractivity contribution is -0.120. The van der Waals surface area contributed by atoms with Gasteiger partial charge in [-0.1, -0.05) is 0 Å². The quantitative estimate of drug-likeness (QED) is 0.714. The van der Waals surface area contributed by atoms with Gasteiger partial charge in [0, 0.05) is 38.8 Å². The van der Waals surface area contributed by atoms with Crippen LogP contribution in [-0.4, -0.2) is 28.8 Å². The van der Waals surface area contributed by atoms with Gasteiger partial charge in [0.05, 0.1) is 0 Å². The third-order valence-electron chi connectivity index (χ3n) is 1.75. The lowest BCUT2D eigenvalue weighted by Gasteiger charge is -2.02. The van der Waals surface area contributed by atoms with Gasteiger partial charge < -0.3 is 10.6 Å². The van der Waals surface area contributed by atoms with Crippen molar-refractivity contribution in [2.24, 2.45) is 7.05 Å². The fraction of sp³-hybridized carbons (Fsp3) is 0.556. The van der Waals surface area contributed by atoms with Crippen molar-refractivity contribution < 1.29 is 4.79 Å². The molecule has 0 spiro atoms. The molecule has 0 unspecified atom stereocenters. The molecule has 1 aromatic rings. The Labute approximate surface area is 83.5 Å². The van der Waals surface area contributed by atoms with E-state index in [1.807, 2.05) is 26.2 Å². The normalized spacial score (nSPS) is 9.86. The molecule has 0 aromatic carbocycles. The van der Waals surface area contributed by atoms with Gasteiger partial charge in [-0.2, -0.15) is 5.10 Å². The van der Waals surface area contributed by atoms with Gasteiger partial charge in [-0.15, -0.1) is 0 Å². The Morgan fingerprint density at radius 3 is 3.00 bits per heavy atom. The van der Waals surface area contributed by atoms with Crippen LogP contribution in [0.4, 0.5) is 5.82 Å². The highest BCUT2D eigenvalue weighted by molar-refractivity contribution is 5.76. The first-order chi connectivity index (χ1) is 6.72. The van der Waals surface area contributed by atoms with Gasteiger partial charge in [-0.25, -0.2) is 0 Å². The van der Waals surface area contributed by atoms with Crippen LogP contribution in [0.25, 0.3) is 0 Å². The average Bonchev–Trinajstić information content (AvgIpc) is 2.52. The maximum atomic E-state index is 11.1. The van der Waals surface area contributed by atoms with Crippen LogP contribution >= 0.6 is 0 Å². The molecule has 0 radical (unpaired) electrons. The van der Waals surface area contributed by atoms with Crippen LogP contribution in [0.15, 0.2) is 12.3 Å². The van der Waals surface area contributed by atoms with Crippen LogP contribution in [0.5, 0.6) is 0 Å². The Hall–Kier alpha value is -1.52. The van der Waals surface area contributed by atoms with E-state index in [1.54, 1.807) is 4.68 Å². The maximum Gasteiger partial charge on any atom is 0.221 e. The van der Waals surface area contributed by atoms with Crippen molar-refractivity contribution in [2.45, 2.75) is 13.3 Å². The van der Waals surface area contributed by atoms with Crippen LogP contribution in [-0.2, 0) is 11.8 Å². The van der Waals surface area contributed by atoms with Crippen LogP contribution in [0.1, 0.15) is 13.3 Å². The fourth-order valence-electron chi connectivity index (χ4n) is 1.10. The molecule has 0 aliphatic rings. The lowest BCUT2D eigenvalue weighted by Crippen LogP contribution is -2.24. The lowest BCUT2D eigenvalue weighted by atomic mass is 10.4. The largest absolute Gasteiger partial charge is 0.368 e. The minimum absolute atomic E-state index is 0.0657. The summed E-state index contributed by atoms with van der Waals surface area (Å²) in [7, 11) is 1.86. The maximum absolute atomic E-state index is 11.1. The summed E-state index contributed by atoms with van der Waals surface area (Å²) in [4.78, 5) is 11.1. The Balaban J connectivity index is 2.18. The summed E-state index contributed by atoms with van der Waals surface area (Å²) in [6.45, 7) is 3.20. The Kier molecular flexibility index (Phi) is 3.97. The number of aryl methyl sites for hydroxylation is 1. The number of hydrogen-bond acceptors (Lipinski definition) is 3. The van der Waals surface area contributed by atoms with Crippen LogP contribution < -0.4 is 10.6 Å². The molecule has 1 rings (SSSR count). The van der Waals surface area contributed by atoms with Crippen molar-refractivity contribution in [3.05, 3.63) is 12.3 Å². The Morgan fingerprint density at radius 1 is 1.64 bits per heavy atom. The van der Waals surface area contributed by atoms with Gasteiger partial charge >= 0.3 is 0 Å². The second-order valence-electron chi connectivity index (χ2n) is 3.00. The number of amides is 1. The van der Waals surface area contributed by atoms with Crippen molar-refractivity contribution in [3.63, 3.8) is 0 Å². The first kappa shape index (κ1) is 10.6. The minimum Gasteiger partial charge on any atom is -0.368 e. The molecule has 0 aliphatic carbocycles. The second-order valence-corrected chi connectivity index (χ2v) is 3.00. The van der Waals surface area contributed by atoms with Crippen LogP contribution in [0.3, 0.4) is 0 Å². The zero-order valence-electron chi connectivity index (χ0n) is 8.58. The zero-order valence-corrected chi connectivity index (χ0v) is 8.58. The molecule has 1 amide bonds. The predicted octanol–water partition coefficient (Wildman–Crippen LogP) is 0.358. The number of rotatable bonds is 5. The third kappa shape index (κ3) is 3.47. The highest BCUT2D eigenvalue weighted by Gasteiger charge is 1.99. The van der Waals surface area contributed by atoms with E-state index in [0.717, 1.165) is 5.82 Å². The van der Waals surface area contributed by atoms with Crippen molar-refractivity contribution in [2.75, 3.05) is 18.4 Å². The number of nitrogens with one attached hydrogen (secondary N) is 2. The van der Waals surface area contributed by atoms with E-state index in [9.17, 15) is 4.79 Å². The molecule has 14 heavy (non-hydrogen) atoms. The number of nitrogens with zero attached hydrogens (tertiary/aromatic N) is 2. The summed E-state index contributed by atoms with van der Waals surface area (Å²) in [5.41, 5.74) is 0. The molecular weight excluding hydrogens is 180 g/mol. The highest BCUT2D eigenvalue weighted by atomic mass is 16.1. The molecule has 0 aliphatic heterocycles. The van der Waals surface area contributed by atoms with Crippen molar-refractivity contribution in [1.82, 2.24) is 15.1 Å². The number of aromatic nitrogens is 2. The minimum atomic E-state index is 0.0657. The molecule has 0 atom stereocenters. The Morgan fingerprint density at radius 2 is 2.43 bits per heavy atom. The van der Waals surface area contributed by atoms with E-state index in [4.69, 9.17) is 0 Å². The van der Waals surface area contributed by atoms with Crippen LogP contribution in [0, 0.1) is 0 Å². The van der Waals surface area contributed by atoms with Gasteiger partial charge in [-0.05, 0) is 6.92 Å². The fourth-order valence-corrected chi connectivity index (χ4v) is 1.10. The first-order valence-corrected chi connectivity index (χ1v) is 4.72.